The van der Waals surface area contributed by atoms with Gasteiger partial charge in [-0.3, -0.25) is 0 Å². The van der Waals surface area contributed by atoms with Gasteiger partial charge in [0.1, 0.15) is 5.82 Å². The molecule has 0 radical (unpaired) electrons. The van der Waals surface area contributed by atoms with E-state index in [1.54, 1.807) is 17.4 Å². The molecule has 0 fully saturated rings. The van der Waals surface area contributed by atoms with Gasteiger partial charge in [-0.25, -0.2) is 4.39 Å². The molecule has 0 saturated heterocycles. The van der Waals surface area contributed by atoms with Gasteiger partial charge in [0.25, 0.3) is 0 Å². The number of H-pyrrole nitrogens is 1. The lowest BCUT2D eigenvalue weighted by Crippen LogP contribution is -1.79. The summed E-state index contributed by atoms with van der Waals surface area (Å²) in [4.78, 5) is 4.41. The van der Waals surface area contributed by atoms with Gasteiger partial charge >= 0.3 is 0 Å². The maximum absolute atomic E-state index is 13.6. The van der Waals surface area contributed by atoms with Crippen LogP contribution in [0.1, 0.15) is 5.56 Å². The number of rotatable bonds is 1. The Morgan fingerprint density at radius 2 is 2.12 bits per heavy atom. The number of aromatic amines is 1. The predicted octanol–water partition coefficient (Wildman–Crippen LogP) is 4.34. The molecule has 3 aromatic rings. The average Bonchev–Trinajstić information content (AvgIpc) is 2.90. The molecule has 0 bridgehead atoms. The van der Waals surface area contributed by atoms with Crippen LogP contribution in [0, 0.1) is 12.7 Å². The number of aromatic nitrogens is 1. The highest BCUT2D eigenvalue weighted by molar-refractivity contribution is 7.13. The number of hydrogen-bond acceptors (Lipinski definition) is 1. The topological polar surface area (TPSA) is 15.8 Å². The summed E-state index contributed by atoms with van der Waals surface area (Å²) in [6.07, 6.45) is 0. The lowest BCUT2D eigenvalue weighted by molar-refractivity contribution is 0.640. The maximum Gasteiger partial charge on any atom is 0.132 e. The quantitative estimate of drug-likeness (QED) is 0.641. The SMILES string of the molecule is Cc1ccc(F)c2cc(-c3cccs3)[nH]c12. The molecular weight excluding hydrogens is 221 g/mol. The molecule has 0 unspecified atom stereocenters. The van der Waals surface area contributed by atoms with Gasteiger partial charge in [-0.15, -0.1) is 11.3 Å². The molecule has 0 aliphatic rings. The summed E-state index contributed by atoms with van der Waals surface area (Å²) in [5.41, 5.74) is 2.95. The minimum Gasteiger partial charge on any atom is -0.354 e. The van der Waals surface area contributed by atoms with Gasteiger partial charge in [0.05, 0.1) is 16.1 Å². The van der Waals surface area contributed by atoms with Crippen molar-refractivity contribution in [2.75, 3.05) is 0 Å². The van der Waals surface area contributed by atoms with Crippen molar-refractivity contribution in [2.24, 2.45) is 0 Å². The van der Waals surface area contributed by atoms with Crippen LogP contribution in [-0.2, 0) is 0 Å². The summed E-state index contributed by atoms with van der Waals surface area (Å²) in [5, 5.41) is 2.69. The largest absolute Gasteiger partial charge is 0.354 e. The Kier molecular flexibility index (Phi) is 2.07. The monoisotopic (exact) mass is 231 g/mol. The van der Waals surface area contributed by atoms with Crippen LogP contribution in [0.4, 0.5) is 4.39 Å². The fraction of sp³-hybridized carbons (Fsp3) is 0.0769. The molecule has 1 nitrogen and oxygen atoms in total. The van der Waals surface area contributed by atoms with Gasteiger partial charge in [-0.1, -0.05) is 12.1 Å². The maximum atomic E-state index is 13.6. The van der Waals surface area contributed by atoms with Crippen molar-refractivity contribution in [3.8, 4) is 10.6 Å². The fourth-order valence-electron chi connectivity index (χ4n) is 1.89. The van der Waals surface area contributed by atoms with Crippen molar-refractivity contribution in [2.45, 2.75) is 6.92 Å². The van der Waals surface area contributed by atoms with Crippen LogP contribution in [0.5, 0.6) is 0 Å². The van der Waals surface area contributed by atoms with E-state index in [1.165, 1.54) is 6.07 Å². The average molecular weight is 231 g/mol. The third kappa shape index (κ3) is 1.36. The predicted molar refractivity (Wildman–Crippen MR) is 66.3 cm³/mol. The molecule has 0 spiro atoms. The summed E-state index contributed by atoms with van der Waals surface area (Å²) in [7, 11) is 0. The van der Waals surface area contributed by atoms with E-state index in [0.717, 1.165) is 21.7 Å². The third-order valence-corrected chi connectivity index (χ3v) is 3.64. The first-order valence-corrected chi connectivity index (χ1v) is 5.95. The van der Waals surface area contributed by atoms with Gasteiger partial charge < -0.3 is 4.98 Å². The summed E-state index contributed by atoms with van der Waals surface area (Å²) >= 11 is 1.65. The van der Waals surface area contributed by atoms with Crippen LogP contribution in [0.3, 0.4) is 0 Å². The molecule has 1 aromatic carbocycles. The van der Waals surface area contributed by atoms with Crippen molar-refractivity contribution in [1.82, 2.24) is 4.98 Å². The molecule has 3 heteroatoms. The third-order valence-electron chi connectivity index (χ3n) is 2.74. The number of fused-ring (bicyclic) bond motifs is 1. The summed E-state index contributed by atoms with van der Waals surface area (Å²) in [6, 6.07) is 9.22. The molecule has 3 rings (SSSR count). The number of benzene rings is 1. The molecule has 2 heterocycles. The zero-order valence-electron chi connectivity index (χ0n) is 8.75. The van der Waals surface area contributed by atoms with E-state index < -0.39 is 0 Å². The smallest absolute Gasteiger partial charge is 0.132 e. The van der Waals surface area contributed by atoms with Crippen molar-refractivity contribution in [3.63, 3.8) is 0 Å². The van der Waals surface area contributed by atoms with E-state index in [9.17, 15) is 4.39 Å². The van der Waals surface area contributed by atoms with Crippen molar-refractivity contribution in [3.05, 3.63) is 47.1 Å². The van der Waals surface area contributed by atoms with Gasteiger partial charge in [0.15, 0.2) is 0 Å². The first kappa shape index (κ1) is 9.60. The molecule has 0 saturated carbocycles. The number of aryl methyl sites for hydroxylation is 1. The van der Waals surface area contributed by atoms with Crippen LogP contribution in [0.25, 0.3) is 21.5 Å². The Balaban J connectivity index is 2.31. The van der Waals surface area contributed by atoms with Gasteiger partial charge in [-0.2, -0.15) is 0 Å². The standard InChI is InChI=1S/C13H10FNS/c1-8-4-5-10(14)9-7-11(15-13(8)9)12-3-2-6-16-12/h2-7,15H,1H3. The Labute approximate surface area is 96.6 Å². The van der Waals surface area contributed by atoms with Crippen LogP contribution in [0.2, 0.25) is 0 Å². The molecular formula is C13H10FNS. The molecule has 0 aliphatic carbocycles. The van der Waals surface area contributed by atoms with E-state index in [0.29, 0.717) is 5.39 Å². The second-order valence-electron chi connectivity index (χ2n) is 3.81. The minimum absolute atomic E-state index is 0.167. The van der Waals surface area contributed by atoms with Crippen molar-refractivity contribution >= 4 is 22.2 Å². The molecule has 1 N–H and O–H groups in total. The highest BCUT2D eigenvalue weighted by atomic mass is 32.1. The lowest BCUT2D eigenvalue weighted by atomic mass is 10.1. The first-order valence-electron chi connectivity index (χ1n) is 5.07. The molecule has 16 heavy (non-hydrogen) atoms. The molecule has 0 aliphatic heterocycles. The number of nitrogens with one attached hydrogen (secondary N) is 1. The second kappa shape index (κ2) is 3.46. The van der Waals surface area contributed by atoms with Gasteiger partial charge in [0.2, 0.25) is 0 Å². The summed E-state index contributed by atoms with van der Waals surface area (Å²) in [5.74, 6) is -0.167. The van der Waals surface area contributed by atoms with E-state index in [2.05, 4.69) is 4.98 Å². The van der Waals surface area contributed by atoms with E-state index >= 15 is 0 Å². The molecule has 80 valence electrons. The number of hydrogen-bond donors (Lipinski definition) is 1. The second-order valence-corrected chi connectivity index (χ2v) is 4.76. The van der Waals surface area contributed by atoms with Gasteiger partial charge in [0, 0.05) is 5.39 Å². The van der Waals surface area contributed by atoms with E-state index in [1.807, 2.05) is 30.5 Å². The van der Waals surface area contributed by atoms with Crippen LogP contribution in [0.15, 0.2) is 35.7 Å². The number of thiophene rings is 1. The zero-order valence-corrected chi connectivity index (χ0v) is 9.57. The summed E-state index contributed by atoms with van der Waals surface area (Å²) in [6.45, 7) is 1.98. The zero-order chi connectivity index (χ0) is 11.1. The lowest BCUT2D eigenvalue weighted by Gasteiger charge is -1.95. The molecule has 0 amide bonds. The Bertz CT molecular complexity index is 598. The van der Waals surface area contributed by atoms with Crippen molar-refractivity contribution in [1.29, 1.82) is 0 Å². The van der Waals surface area contributed by atoms with Gasteiger partial charge in [-0.05, 0) is 36.1 Å². The highest BCUT2D eigenvalue weighted by Crippen LogP contribution is 2.30. The summed E-state index contributed by atoms with van der Waals surface area (Å²) < 4.78 is 13.6. The van der Waals surface area contributed by atoms with E-state index in [-0.39, 0.29) is 5.82 Å². The minimum atomic E-state index is -0.167. The van der Waals surface area contributed by atoms with E-state index in [4.69, 9.17) is 0 Å². The first-order chi connectivity index (χ1) is 7.75. The Morgan fingerprint density at radius 3 is 2.81 bits per heavy atom. The van der Waals surface area contributed by atoms with Crippen molar-refractivity contribution < 1.29 is 4.39 Å². The molecule has 2 aromatic heterocycles. The Hall–Kier alpha value is -1.61. The fourth-order valence-corrected chi connectivity index (χ4v) is 2.59. The normalized spacial score (nSPS) is 11.1. The van der Waals surface area contributed by atoms with Crippen LogP contribution < -0.4 is 0 Å². The molecule has 0 atom stereocenters. The highest BCUT2D eigenvalue weighted by Gasteiger charge is 2.09. The number of halogens is 1. The van der Waals surface area contributed by atoms with Crippen LogP contribution >= 0.6 is 11.3 Å². The Morgan fingerprint density at radius 1 is 1.25 bits per heavy atom. The van der Waals surface area contributed by atoms with Crippen LogP contribution in [-0.4, -0.2) is 4.98 Å².